The van der Waals surface area contributed by atoms with Gasteiger partial charge in [0.15, 0.2) is 5.60 Å². The van der Waals surface area contributed by atoms with Crippen molar-refractivity contribution in [3.05, 3.63) is 101 Å². The van der Waals surface area contributed by atoms with Gasteiger partial charge >= 0.3 is 5.97 Å². The lowest BCUT2D eigenvalue weighted by Gasteiger charge is -2.38. The molecule has 1 saturated heterocycles. The number of nitrogens with zero attached hydrogens (tertiary/aromatic N) is 1. The van der Waals surface area contributed by atoms with E-state index in [9.17, 15) is 4.79 Å². The highest BCUT2D eigenvalue weighted by molar-refractivity contribution is 5.99. The molecule has 4 aromatic carbocycles. The van der Waals surface area contributed by atoms with Crippen LogP contribution in [0.5, 0.6) is 11.5 Å². The molecule has 1 atom stereocenters. The maximum absolute atomic E-state index is 13.1. The second-order valence-electron chi connectivity index (χ2n) is 8.66. The summed E-state index contributed by atoms with van der Waals surface area (Å²) in [5, 5.41) is 2.08. The van der Waals surface area contributed by atoms with E-state index in [1.54, 1.807) is 0 Å². The van der Waals surface area contributed by atoms with Crippen molar-refractivity contribution < 1.29 is 19.0 Å². The third kappa shape index (κ3) is 2.54. The third-order valence-electron chi connectivity index (χ3n) is 6.96. The Balaban J connectivity index is 1.52. The molecular weight excluding hydrogens is 414 g/mol. The average Bonchev–Trinajstić information content (AvgIpc) is 3.17. The summed E-state index contributed by atoms with van der Waals surface area (Å²) in [6, 6.07) is 26.1. The molecule has 0 aliphatic carbocycles. The Morgan fingerprint density at radius 2 is 1.58 bits per heavy atom. The van der Waals surface area contributed by atoms with Crippen LogP contribution < -0.4 is 9.64 Å². The molecule has 0 radical (unpaired) electrons. The van der Waals surface area contributed by atoms with E-state index in [1.165, 1.54) is 0 Å². The first kappa shape index (κ1) is 18.7. The number of hydrogen-bond donors (Lipinski definition) is 0. The third-order valence-corrected chi connectivity index (χ3v) is 6.96. The molecule has 3 aliphatic heterocycles. The predicted octanol–water partition coefficient (Wildman–Crippen LogP) is 5.24. The quantitative estimate of drug-likeness (QED) is 0.383. The molecule has 0 saturated carbocycles. The maximum Gasteiger partial charge on any atom is 0.340 e. The van der Waals surface area contributed by atoms with Crippen molar-refractivity contribution in [2.24, 2.45) is 0 Å². The number of anilines is 1. The Morgan fingerprint density at radius 1 is 0.788 bits per heavy atom. The van der Waals surface area contributed by atoms with E-state index in [0.717, 1.165) is 52.0 Å². The van der Waals surface area contributed by atoms with Crippen molar-refractivity contribution in [1.29, 1.82) is 0 Å². The second kappa shape index (κ2) is 6.83. The largest absolute Gasteiger partial charge is 0.456 e. The molecule has 1 spiro atoms. The van der Waals surface area contributed by atoms with Gasteiger partial charge in [-0.3, -0.25) is 0 Å². The summed E-state index contributed by atoms with van der Waals surface area (Å²) in [5.74, 6) is 1.14. The van der Waals surface area contributed by atoms with Gasteiger partial charge in [-0.2, -0.15) is 0 Å². The summed E-state index contributed by atoms with van der Waals surface area (Å²) in [6.45, 7) is 3.09. The van der Waals surface area contributed by atoms with Crippen molar-refractivity contribution in [2.75, 3.05) is 31.2 Å². The number of hydrogen-bond acceptors (Lipinski definition) is 5. The van der Waals surface area contributed by atoms with Crippen LogP contribution in [0.3, 0.4) is 0 Å². The van der Waals surface area contributed by atoms with Crippen LogP contribution in [0.2, 0.25) is 0 Å². The zero-order valence-electron chi connectivity index (χ0n) is 17.9. The van der Waals surface area contributed by atoms with Gasteiger partial charge in [0.25, 0.3) is 0 Å². The number of rotatable bonds is 1. The first-order chi connectivity index (χ1) is 16.3. The predicted molar refractivity (Wildman–Crippen MR) is 125 cm³/mol. The van der Waals surface area contributed by atoms with E-state index in [2.05, 4.69) is 35.2 Å². The molecular formula is C28H21NO4. The van der Waals surface area contributed by atoms with Crippen molar-refractivity contribution in [2.45, 2.75) is 5.60 Å². The van der Waals surface area contributed by atoms with Crippen molar-refractivity contribution in [1.82, 2.24) is 0 Å². The topological polar surface area (TPSA) is 48.0 Å². The number of ether oxygens (including phenoxy) is 3. The number of carbonyl (C=O) groups excluding carboxylic acids is 1. The van der Waals surface area contributed by atoms with Gasteiger partial charge in [-0.15, -0.1) is 0 Å². The lowest BCUT2D eigenvalue weighted by molar-refractivity contribution is 0.0225. The van der Waals surface area contributed by atoms with E-state index < -0.39 is 5.60 Å². The minimum Gasteiger partial charge on any atom is -0.456 e. The monoisotopic (exact) mass is 435 g/mol. The molecule has 0 N–H and O–H groups in total. The number of fused-ring (bicyclic) bond motifs is 8. The molecule has 3 heterocycles. The minimum absolute atomic E-state index is 0.310. The molecule has 7 rings (SSSR count). The van der Waals surface area contributed by atoms with Gasteiger partial charge in [-0.1, -0.05) is 48.5 Å². The molecule has 33 heavy (non-hydrogen) atoms. The highest BCUT2D eigenvalue weighted by atomic mass is 16.6. The van der Waals surface area contributed by atoms with Gasteiger partial charge in [0.2, 0.25) is 0 Å². The fourth-order valence-electron chi connectivity index (χ4n) is 5.41. The lowest BCUT2D eigenvalue weighted by Crippen LogP contribution is -2.37. The number of carbonyl (C=O) groups is 1. The highest BCUT2D eigenvalue weighted by Gasteiger charge is 2.53. The molecule has 3 aliphatic rings. The second-order valence-corrected chi connectivity index (χ2v) is 8.66. The number of benzene rings is 4. The van der Waals surface area contributed by atoms with Gasteiger partial charge in [-0.25, -0.2) is 4.79 Å². The standard InChI is InChI=1S/C28H21NO4/c30-27-21-7-3-4-8-22(21)28(33-27)23-12-10-19(29-13-15-31-16-14-29)17-25(23)32-26-20-6-2-1-5-18(20)9-11-24(26)28/h1-12,17H,13-16H2. The van der Waals surface area contributed by atoms with E-state index in [4.69, 9.17) is 14.2 Å². The minimum atomic E-state index is -1.04. The van der Waals surface area contributed by atoms with Crippen LogP contribution in [0.25, 0.3) is 10.8 Å². The van der Waals surface area contributed by atoms with Crippen LogP contribution in [0.4, 0.5) is 5.69 Å². The SMILES string of the molecule is O=C1OC2(c3ccc(N4CCOCC4)cc3Oc3c2ccc2ccccc32)c2ccccc21. The lowest BCUT2D eigenvalue weighted by atomic mass is 9.77. The summed E-state index contributed by atoms with van der Waals surface area (Å²) in [6.07, 6.45) is 0. The number of morpholine rings is 1. The van der Waals surface area contributed by atoms with Crippen molar-refractivity contribution in [3.63, 3.8) is 0 Å². The highest BCUT2D eigenvalue weighted by Crippen LogP contribution is 2.57. The Hall–Kier alpha value is -3.83. The molecule has 1 fully saturated rings. The van der Waals surface area contributed by atoms with Crippen molar-refractivity contribution in [3.8, 4) is 11.5 Å². The zero-order chi connectivity index (χ0) is 22.0. The summed E-state index contributed by atoms with van der Waals surface area (Å²) in [4.78, 5) is 15.3. The van der Waals surface area contributed by atoms with Crippen LogP contribution >= 0.6 is 0 Å². The van der Waals surface area contributed by atoms with Crippen LogP contribution in [-0.4, -0.2) is 32.3 Å². The fraction of sp³-hybridized carbons (Fsp3) is 0.179. The molecule has 5 nitrogen and oxygen atoms in total. The first-order valence-corrected chi connectivity index (χ1v) is 11.3. The van der Waals surface area contributed by atoms with Gasteiger partial charge in [-0.05, 0) is 29.7 Å². The Morgan fingerprint density at radius 3 is 2.48 bits per heavy atom. The summed E-state index contributed by atoms with van der Waals surface area (Å²) in [7, 11) is 0. The fourth-order valence-corrected chi connectivity index (χ4v) is 5.41. The van der Waals surface area contributed by atoms with Gasteiger partial charge in [0, 0.05) is 46.9 Å². The first-order valence-electron chi connectivity index (χ1n) is 11.3. The maximum atomic E-state index is 13.1. The summed E-state index contributed by atoms with van der Waals surface area (Å²) >= 11 is 0. The normalized spacial score (nSPS) is 20.7. The van der Waals surface area contributed by atoms with Crippen LogP contribution in [0.15, 0.2) is 78.9 Å². The molecule has 162 valence electrons. The molecule has 5 heteroatoms. The zero-order valence-corrected chi connectivity index (χ0v) is 17.9. The molecule has 0 amide bonds. The molecule has 1 unspecified atom stereocenters. The van der Waals surface area contributed by atoms with E-state index in [-0.39, 0.29) is 5.97 Å². The summed E-state index contributed by atoms with van der Waals surface area (Å²) < 4.78 is 18.4. The van der Waals surface area contributed by atoms with E-state index >= 15 is 0 Å². The Bertz CT molecular complexity index is 1440. The summed E-state index contributed by atoms with van der Waals surface area (Å²) in [5.41, 5.74) is 3.20. The Kier molecular flexibility index (Phi) is 3.87. The Labute approximate surface area is 191 Å². The molecule has 0 aromatic heterocycles. The van der Waals surface area contributed by atoms with Gasteiger partial charge in [0.05, 0.1) is 18.8 Å². The molecule has 0 bridgehead atoms. The van der Waals surface area contributed by atoms with E-state index in [0.29, 0.717) is 24.5 Å². The van der Waals surface area contributed by atoms with Gasteiger partial charge < -0.3 is 19.1 Å². The van der Waals surface area contributed by atoms with Crippen molar-refractivity contribution >= 4 is 22.4 Å². The van der Waals surface area contributed by atoms with Crippen LogP contribution in [0, 0.1) is 0 Å². The average molecular weight is 435 g/mol. The number of esters is 1. The van der Waals surface area contributed by atoms with Crippen LogP contribution in [-0.2, 0) is 15.1 Å². The van der Waals surface area contributed by atoms with Gasteiger partial charge in [0.1, 0.15) is 11.5 Å². The van der Waals surface area contributed by atoms with Crippen LogP contribution in [0.1, 0.15) is 27.0 Å². The smallest absolute Gasteiger partial charge is 0.340 e. The van der Waals surface area contributed by atoms with E-state index in [1.807, 2.05) is 48.5 Å². The molecule has 4 aromatic rings.